The van der Waals surface area contributed by atoms with Gasteiger partial charge in [-0.15, -0.1) is 24.3 Å². The molecule has 180 valence electrons. The van der Waals surface area contributed by atoms with Gasteiger partial charge in [-0.2, -0.15) is 0 Å². The molecule has 2 aromatic rings. The predicted molar refractivity (Wildman–Crippen MR) is 136 cm³/mol. The van der Waals surface area contributed by atoms with E-state index in [2.05, 4.69) is 112 Å². The molecule has 0 amide bonds. The number of allylic oxidation sites excluding steroid dienone is 8. The van der Waals surface area contributed by atoms with Crippen molar-refractivity contribution in [2.75, 3.05) is 0 Å². The van der Waals surface area contributed by atoms with Crippen LogP contribution < -0.4 is 24.8 Å². The van der Waals surface area contributed by atoms with Crippen LogP contribution in [0.15, 0.2) is 96.1 Å². The summed E-state index contributed by atoms with van der Waals surface area (Å²) in [5.74, 6) is 2.82. The first-order valence-corrected chi connectivity index (χ1v) is 12.2. The van der Waals surface area contributed by atoms with Gasteiger partial charge in [-0.3, -0.25) is 0 Å². The van der Waals surface area contributed by atoms with Gasteiger partial charge in [0.25, 0.3) is 0 Å². The topological polar surface area (TPSA) is 0 Å². The van der Waals surface area contributed by atoms with Gasteiger partial charge in [-0.1, -0.05) is 95.5 Å². The maximum atomic E-state index is 2.46. The van der Waals surface area contributed by atoms with Crippen LogP contribution in [0.5, 0.6) is 0 Å². The Labute approximate surface area is 244 Å². The van der Waals surface area contributed by atoms with E-state index in [-0.39, 0.29) is 51.0 Å². The zero-order chi connectivity index (χ0) is 21.9. The molecule has 0 heterocycles. The van der Waals surface area contributed by atoms with Crippen molar-refractivity contribution in [2.24, 2.45) is 11.8 Å². The first-order valence-electron chi connectivity index (χ1n) is 12.2. The fourth-order valence-electron chi connectivity index (χ4n) is 5.54. The van der Waals surface area contributed by atoms with Crippen molar-refractivity contribution in [3.05, 3.63) is 131 Å². The Kier molecular flexibility index (Phi) is 11.7. The monoisotopic (exact) mass is 578 g/mol. The fourth-order valence-corrected chi connectivity index (χ4v) is 5.54. The normalized spacial score (nSPS) is 24.9. The van der Waals surface area contributed by atoms with Crippen LogP contribution in [-0.4, -0.2) is 0 Å². The Morgan fingerprint density at radius 1 is 0.600 bits per heavy atom. The maximum Gasteiger partial charge on any atom is 4.00 e. The van der Waals surface area contributed by atoms with E-state index in [1.807, 2.05) is 0 Å². The summed E-state index contributed by atoms with van der Waals surface area (Å²) in [5, 5.41) is 0. The van der Waals surface area contributed by atoms with Crippen LogP contribution in [0.2, 0.25) is 0 Å². The predicted octanol–water partition coefficient (Wildman–Crippen LogP) is 2.38. The van der Waals surface area contributed by atoms with Gasteiger partial charge >= 0.3 is 26.2 Å². The smallest absolute Gasteiger partial charge is 1.00 e. The van der Waals surface area contributed by atoms with E-state index in [0.717, 1.165) is 11.8 Å². The first kappa shape index (κ1) is 29.8. The zero-order valence-corrected chi connectivity index (χ0v) is 24.6. The second-order valence-corrected chi connectivity index (χ2v) is 9.89. The molecule has 2 fully saturated rings. The Bertz CT molecular complexity index is 972. The molecule has 0 saturated heterocycles. The third-order valence-corrected chi connectivity index (χ3v) is 7.51. The number of hydrogen-bond acceptors (Lipinski definition) is 0. The zero-order valence-electron chi connectivity index (χ0n) is 20.6. The number of benzene rings is 2. The molecule has 0 N–H and O–H groups in total. The van der Waals surface area contributed by atoms with Crippen LogP contribution in [0.1, 0.15) is 59.8 Å². The van der Waals surface area contributed by atoms with Gasteiger partial charge < -0.3 is 24.8 Å². The molecule has 0 aromatic heterocycles. The van der Waals surface area contributed by atoms with Crippen LogP contribution >= 0.6 is 0 Å². The maximum absolute atomic E-state index is 2.46. The van der Waals surface area contributed by atoms with E-state index >= 15 is 0 Å². The summed E-state index contributed by atoms with van der Waals surface area (Å²) in [6, 6.07) is 18.0. The average Bonchev–Trinajstić information content (AvgIpc) is 3.45. The Hall–Kier alpha value is -1.40. The van der Waals surface area contributed by atoms with Crippen molar-refractivity contribution < 1.29 is 51.0 Å². The van der Waals surface area contributed by atoms with Gasteiger partial charge in [0.05, 0.1) is 0 Å². The van der Waals surface area contributed by atoms with Crippen molar-refractivity contribution in [1.29, 1.82) is 0 Å². The molecule has 35 heavy (non-hydrogen) atoms. The molecule has 2 saturated carbocycles. The molecule has 6 rings (SSSR count). The van der Waals surface area contributed by atoms with Crippen LogP contribution in [0.4, 0.5) is 0 Å². The van der Waals surface area contributed by atoms with E-state index < -0.39 is 0 Å². The van der Waals surface area contributed by atoms with E-state index in [0.29, 0.717) is 11.8 Å². The second-order valence-electron chi connectivity index (χ2n) is 9.89. The van der Waals surface area contributed by atoms with Gasteiger partial charge in [-0.25, -0.2) is 36.1 Å². The van der Waals surface area contributed by atoms with Crippen molar-refractivity contribution in [1.82, 2.24) is 0 Å². The molecule has 0 spiro atoms. The first-order chi connectivity index (χ1) is 15.7. The van der Waals surface area contributed by atoms with Crippen LogP contribution in [0.25, 0.3) is 0 Å². The molecule has 0 nitrogen and oxygen atoms in total. The largest absolute Gasteiger partial charge is 4.00 e. The summed E-state index contributed by atoms with van der Waals surface area (Å²) in [6.45, 7) is 4.29. The van der Waals surface area contributed by atoms with E-state index in [9.17, 15) is 0 Å². The number of halogens is 2. The average molecular weight is 581 g/mol. The molecule has 2 aromatic carbocycles. The minimum absolute atomic E-state index is 0. The molecule has 0 aliphatic heterocycles. The fraction of sp³-hybridized carbons (Fsp3) is 0.312. The molecular formula is C32H34Cl2Zr. The molecule has 4 aliphatic carbocycles. The molecule has 4 unspecified atom stereocenters. The molecule has 4 aliphatic rings. The summed E-state index contributed by atoms with van der Waals surface area (Å²) in [4.78, 5) is 0. The van der Waals surface area contributed by atoms with E-state index in [4.69, 9.17) is 0 Å². The van der Waals surface area contributed by atoms with Crippen molar-refractivity contribution in [2.45, 2.75) is 51.4 Å². The SMILES string of the molecule is Cc1ccc(C2[CH-]C3=CC=CCC3C2)cc1.Cc1ccc(C2[CH-]C3=CC=CCC3C2)cc1.[Cl-].[Cl-].[Zr+4]. The number of rotatable bonds is 2. The van der Waals surface area contributed by atoms with Crippen LogP contribution in [0, 0.1) is 38.5 Å². The molecule has 0 bridgehead atoms. The van der Waals surface area contributed by atoms with Gasteiger partial charge in [0.2, 0.25) is 0 Å². The Morgan fingerprint density at radius 2 is 0.971 bits per heavy atom. The van der Waals surface area contributed by atoms with Crippen molar-refractivity contribution >= 4 is 0 Å². The molecule has 0 radical (unpaired) electrons. The number of fused-ring (bicyclic) bond motifs is 2. The minimum atomic E-state index is 0. The van der Waals surface area contributed by atoms with Crippen molar-refractivity contribution in [3.8, 4) is 0 Å². The Balaban J connectivity index is 0.000000227. The quantitative estimate of drug-likeness (QED) is 0.479. The molecule has 4 atom stereocenters. The third kappa shape index (κ3) is 7.32. The van der Waals surface area contributed by atoms with Gasteiger partial charge in [0.15, 0.2) is 0 Å². The third-order valence-electron chi connectivity index (χ3n) is 7.51. The molecule has 3 heteroatoms. The Morgan fingerprint density at radius 3 is 1.31 bits per heavy atom. The molecular weight excluding hydrogens is 546 g/mol. The summed E-state index contributed by atoms with van der Waals surface area (Å²) in [5.41, 5.74) is 8.74. The van der Waals surface area contributed by atoms with Gasteiger partial charge in [-0.05, 0) is 38.5 Å². The van der Waals surface area contributed by atoms with Gasteiger partial charge in [0, 0.05) is 0 Å². The van der Waals surface area contributed by atoms with Crippen LogP contribution in [0.3, 0.4) is 0 Å². The number of hydrogen-bond donors (Lipinski definition) is 0. The summed E-state index contributed by atoms with van der Waals surface area (Å²) >= 11 is 0. The van der Waals surface area contributed by atoms with Gasteiger partial charge in [0.1, 0.15) is 0 Å². The minimum Gasteiger partial charge on any atom is -1.00 e. The summed E-state index contributed by atoms with van der Waals surface area (Å²) in [7, 11) is 0. The van der Waals surface area contributed by atoms with E-state index in [1.165, 1.54) is 47.9 Å². The standard InChI is InChI=1S/2C16H17.2ClH.Zr/c2*1-12-6-8-13(9-7-12)16-10-14-4-2-3-5-15(14)11-16;;;/h2*2-4,6-10,15-16H,5,11H2,1H3;2*1H;/q2*-1;;;+4/p-2. The summed E-state index contributed by atoms with van der Waals surface area (Å²) < 4.78 is 0. The van der Waals surface area contributed by atoms with Crippen molar-refractivity contribution in [3.63, 3.8) is 0 Å². The number of aryl methyl sites for hydroxylation is 2. The van der Waals surface area contributed by atoms with E-state index in [1.54, 1.807) is 11.1 Å². The van der Waals surface area contributed by atoms with Crippen LogP contribution in [-0.2, 0) is 26.2 Å². The summed E-state index contributed by atoms with van der Waals surface area (Å²) in [6.07, 6.45) is 23.5. The second kappa shape index (κ2) is 13.8.